The number of aryl methyl sites for hydroxylation is 18. The van der Waals surface area contributed by atoms with Crippen molar-refractivity contribution in [1.29, 1.82) is 0 Å². The van der Waals surface area contributed by atoms with E-state index in [0.717, 1.165) is 56.4 Å². The molecule has 1 aliphatic carbocycles. The summed E-state index contributed by atoms with van der Waals surface area (Å²) in [6.07, 6.45) is 22.8. The zero-order valence-corrected chi connectivity index (χ0v) is 59.4. The molecule has 0 bridgehead atoms. The summed E-state index contributed by atoms with van der Waals surface area (Å²) in [5.41, 5.74) is 32.1. The molecule has 0 fully saturated rings. The molecular weight excluding hydrogens is 1170 g/mol. The third kappa shape index (κ3) is 16.5. The van der Waals surface area contributed by atoms with E-state index in [1.54, 1.807) is 18.3 Å². The average molecular weight is 1280 g/mol. The first-order chi connectivity index (χ1) is 48.8. The van der Waals surface area contributed by atoms with Crippen LogP contribution < -0.4 is 22.8 Å². The van der Waals surface area contributed by atoms with Crippen LogP contribution >= 0.6 is 0 Å². The predicted molar refractivity (Wildman–Crippen MR) is 393 cm³/mol. The number of rotatable bonds is 8. The molecule has 488 valence electrons. The number of benzene rings is 2. The lowest BCUT2D eigenvalue weighted by Gasteiger charge is -2.17. The molecule has 1 unspecified atom stereocenters. The van der Waals surface area contributed by atoms with Gasteiger partial charge in [0.1, 0.15) is 35.2 Å². The molecule has 96 heavy (non-hydrogen) atoms. The highest BCUT2D eigenvalue weighted by Crippen LogP contribution is 2.34. The monoisotopic (exact) mass is 1280 g/mol. The molecule has 10 nitrogen and oxygen atoms in total. The first-order valence-electron chi connectivity index (χ1n) is 36.5. The van der Waals surface area contributed by atoms with Gasteiger partial charge in [0.2, 0.25) is 28.5 Å². The number of hydrogen-bond acceptors (Lipinski definition) is 5. The fourth-order valence-electron chi connectivity index (χ4n) is 13.1. The van der Waals surface area contributed by atoms with Gasteiger partial charge in [0, 0.05) is 111 Å². The molecule has 12 aromatic rings. The number of nitrogens with zero attached hydrogens (tertiary/aromatic N) is 10. The summed E-state index contributed by atoms with van der Waals surface area (Å²) >= 11 is 0. The molecule has 13 rings (SSSR count). The van der Waals surface area contributed by atoms with Crippen molar-refractivity contribution in [3.8, 4) is 78.7 Å². The van der Waals surface area contributed by atoms with Gasteiger partial charge in [0.05, 0.1) is 50.6 Å². The second kappa shape index (κ2) is 31.9. The van der Waals surface area contributed by atoms with Gasteiger partial charge in [-0.15, -0.1) is 0 Å². The van der Waals surface area contributed by atoms with Crippen molar-refractivity contribution in [1.82, 2.24) is 24.9 Å². The number of fused-ring (bicyclic) bond motifs is 1. The molecule has 0 saturated carbocycles. The van der Waals surface area contributed by atoms with Crippen LogP contribution in [0.25, 0.3) is 78.7 Å². The van der Waals surface area contributed by atoms with Gasteiger partial charge in [-0.25, -0.2) is 22.8 Å². The van der Waals surface area contributed by atoms with Crippen LogP contribution in [0.15, 0.2) is 201 Å². The first-order valence-corrected chi connectivity index (χ1v) is 33.0. The van der Waals surface area contributed by atoms with Crippen LogP contribution in [0.5, 0.6) is 0 Å². The van der Waals surface area contributed by atoms with E-state index in [1.165, 1.54) is 128 Å². The van der Waals surface area contributed by atoms with Gasteiger partial charge in [0.15, 0.2) is 31.0 Å². The highest BCUT2D eigenvalue weighted by atomic mass is 14.9. The maximum atomic E-state index is 8.10. The van der Waals surface area contributed by atoms with Crippen LogP contribution in [0.3, 0.4) is 0 Å². The van der Waals surface area contributed by atoms with Gasteiger partial charge in [0.25, 0.3) is 0 Å². The zero-order chi connectivity index (χ0) is 74.8. The van der Waals surface area contributed by atoms with E-state index in [9.17, 15) is 0 Å². The van der Waals surface area contributed by atoms with Crippen molar-refractivity contribution in [2.24, 2.45) is 35.2 Å². The number of pyridine rings is 10. The second-order valence-electron chi connectivity index (χ2n) is 25.4. The summed E-state index contributed by atoms with van der Waals surface area (Å²) in [5.74, 6) is -1.71. The molecule has 1 atom stereocenters. The van der Waals surface area contributed by atoms with Crippen LogP contribution in [-0.2, 0) is 48.1 Å². The van der Waals surface area contributed by atoms with Crippen molar-refractivity contribution in [2.45, 2.75) is 128 Å². The summed E-state index contributed by atoms with van der Waals surface area (Å²) in [6.45, 7) is 19.6. The molecule has 0 spiro atoms. The largest absolute Gasteiger partial charge is 0.264 e. The van der Waals surface area contributed by atoms with E-state index in [1.807, 2.05) is 117 Å². The Morgan fingerprint density at radius 1 is 0.427 bits per heavy atom. The van der Waals surface area contributed by atoms with Gasteiger partial charge >= 0.3 is 0 Å². The van der Waals surface area contributed by atoms with Gasteiger partial charge in [-0.1, -0.05) is 56.2 Å². The van der Waals surface area contributed by atoms with Gasteiger partial charge in [-0.05, 0) is 225 Å². The third-order valence-corrected chi connectivity index (χ3v) is 18.1. The molecule has 1 aliphatic rings. The molecule has 0 amide bonds. The summed E-state index contributed by atoms with van der Waals surface area (Å²) in [7, 11) is 10.2. The summed E-state index contributed by atoms with van der Waals surface area (Å²) < 4.78 is 63.5. The average Bonchev–Trinajstić information content (AvgIpc) is 0.745. The normalized spacial score (nSPS) is 13.4. The van der Waals surface area contributed by atoms with Gasteiger partial charge in [-0.2, -0.15) is 0 Å². The minimum Gasteiger partial charge on any atom is -0.264 e. The molecule has 10 heterocycles. The Morgan fingerprint density at radius 2 is 0.990 bits per heavy atom. The van der Waals surface area contributed by atoms with E-state index in [-0.39, 0.29) is 11.4 Å². The van der Waals surface area contributed by atoms with Crippen LogP contribution in [-0.4, -0.2) is 24.9 Å². The van der Waals surface area contributed by atoms with Crippen LogP contribution in [0.2, 0.25) is 0 Å². The highest BCUT2D eigenvalue weighted by Gasteiger charge is 2.25. The number of aromatic nitrogens is 10. The fraction of sp³-hybridized carbons (Fsp3) is 0.279. The van der Waals surface area contributed by atoms with Crippen LogP contribution in [0.1, 0.15) is 126 Å². The minimum absolute atomic E-state index is 0.157. The SMILES string of the molecule is Cc1ccccc1-c1ccc(-c2c(C)cc(-c3c(C)cccc3C)nc2C)[n+](C)c1.Cc1ccnc(C)c1-c1cccc[n+]1C.Cc1ccncc1-c1c2c(cc[n+]1C)CCCC2.[2H]C([2H])([2H])C([2H])(C)c1cc(C)c(-c2cccc[n+]2C)cn1.[2H]C([2H])([2H])c1cc(C)c(-c2cccc[n+]2C)c(C)n1. The van der Waals surface area contributed by atoms with Crippen LogP contribution in [0.4, 0.5) is 0 Å². The van der Waals surface area contributed by atoms with E-state index in [4.69, 9.17) is 14.6 Å². The highest BCUT2D eigenvalue weighted by molar-refractivity contribution is 5.75. The van der Waals surface area contributed by atoms with E-state index >= 15 is 0 Å². The Kier molecular flexibility index (Phi) is 20.2. The maximum Gasteiger partial charge on any atom is 0.217 e. The quantitative estimate of drug-likeness (QED) is 0.142. The second-order valence-corrected chi connectivity index (χ2v) is 25.4. The van der Waals surface area contributed by atoms with Crippen molar-refractivity contribution >= 4 is 0 Å². The molecule has 0 radical (unpaired) electrons. The Bertz CT molecular complexity index is 4950. The fourth-order valence-corrected chi connectivity index (χ4v) is 13.1. The van der Waals surface area contributed by atoms with Crippen LogP contribution in [0, 0.1) is 83.0 Å². The summed E-state index contributed by atoms with van der Waals surface area (Å²) in [5, 5.41) is 0. The summed E-state index contributed by atoms with van der Waals surface area (Å²) in [4.78, 5) is 22.1. The third-order valence-electron chi connectivity index (χ3n) is 18.1. The molecular formula is C86H99N10+5. The Labute approximate surface area is 582 Å². The zero-order valence-electron chi connectivity index (χ0n) is 66.4. The number of hydrogen-bond donors (Lipinski definition) is 0. The first kappa shape index (κ1) is 60.9. The maximum absolute atomic E-state index is 8.10. The molecule has 0 aliphatic heterocycles. The van der Waals surface area contributed by atoms with Gasteiger partial charge < -0.3 is 0 Å². The molecule has 10 aromatic heterocycles. The minimum atomic E-state index is -2.41. The molecule has 2 aromatic carbocycles. The lowest BCUT2D eigenvalue weighted by Crippen LogP contribution is -2.33. The van der Waals surface area contributed by atoms with E-state index < -0.39 is 19.6 Å². The predicted octanol–water partition coefficient (Wildman–Crippen LogP) is 16.9. The Morgan fingerprint density at radius 3 is 1.57 bits per heavy atom. The van der Waals surface area contributed by atoms with Crippen molar-refractivity contribution < 1.29 is 32.4 Å². The standard InChI is InChI=1S/C28H29N2.C16H19N2.C15H19N2.C14H17N2.C13H15N2/c1-18-10-7-8-13-24(18)23-14-15-26(30(6)17-23)28-21(4)16-25(29-22(28)5)27-19(2)11-9-12-20(27)3;1-12-7-9-17-11-15(12)16-14-6-4-3-5-13(14)8-10-18(16)2;1-11(2)14-9-12(3)13(10-16-14)15-7-5-6-8-17(15)4;1-10-9-11(2)15-12(3)14(10)13-7-5-6-8-16(13)4;1-10-7-8-14-11(2)13(10)12-6-4-5-9-15(12)3/h7-17H,1-6H3;7-11H,3-6H2,1-2H3;5-11H,1-4H3;5-9H,1-4H3;4-9H,1-3H3/q5*+1/i;;1D3,11D;2D3;. The van der Waals surface area contributed by atoms with Gasteiger partial charge in [-0.3, -0.25) is 24.9 Å². The molecule has 0 N–H and O–H groups in total. The van der Waals surface area contributed by atoms with E-state index in [0.29, 0.717) is 0 Å². The Hall–Kier alpha value is -10.1. The van der Waals surface area contributed by atoms with Crippen molar-refractivity contribution in [3.05, 3.63) is 285 Å². The van der Waals surface area contributed by atoms with Crippen molar-refractivity contribution in [2.75, 3.05) is 0 Å². The lowest BCUT2D eigenvalue weighted by atomic mass is 9.88. The van der Waals surface area contributed by atoms with E-state index in [2.05, 4.69) is 220 Å². The van der Waals surface area contributed by atoms with Crippen molar-refractivity contribution in [3.63, 3.8) is 0 Å². The summed E-state index contributed by atoms with van der Waals surface area (Å²) in [6, 6.07) is 49.4. The molecule has 10 heteroatoms. The smallest absolute Gasteiger partial charge is 0.217 e. The lowest BCUT2D eigenvalue weighted by molar-refractivity contribution is -0.660. The topological polar surface area (TPSA) is 83.9 Å². The molecule has 0 saturated heterocycles. The Balaban J connectivity index is 0.000000153.